The molecule has 0 bridgehead atoms. The quantitative estimate of drug-likeness (QED) is 0.653. The summed E-state index contributed by atoms with van der Waals surface area (Å²) in [4.78, 5) is 23.9. The Kier molecular flexibility index (Phi) is 4.88. The highest BCUT2D eigenvalue weighted by atomic mass is 16.2. The lowest BCUT2D eigenvalue weighted by molar-refractivity contribution is -0.129. The molecular formula is C24H26N4O. The molecule has 1 aromatic carbocycles. The van der Waals surface area contributed by atoms with E-state index >= 15 is 0 Å². The van der Waals surface area contributed by atoms with Gasteiger partial charge >= 0.3 is 0 Å². The average Bonchev–Trinajstić information content (AvgIpc) is 3.50. The molecule has 3 heterocycles. The van der Waals surface area contributed by atoms with Crippen LogP contribution in [0.5, 0.6) is 0 Å². The Hall–Kier alpha value is -2.95. The van der Waals surface area contributed by atoms with Gasteiger partial charge in [0.1, 0.15) is 0 Å². The molecule has 0 radical (unpaired) electrons. The molecule has 1 unspecified atom stereocenters. The number of carbonyl (C=O) groups excluding carboxylic acids is 1. The van der Waals surface area contributed by atoms with Gasteiger partial charge in [0.2, 0.25) is 5.91 Å². The first-order valence-electron chi connectivity index (χ1n) is 10.6. The molecule has 0 spiro atoms. The Morgan fingerprint density at radius 2 is 1.79 bits per heavy atom. The second-order valence-electron chi connectivity index (χ2n) is 8.26. The SMILES string of the molecule is O=C1CC(Cn2cnc(-c3ccccc3)c2-c2cccnc2)CN1C1CCCC1. The van der Waals surface area contributed by atoms with Gasteiger partial charge in [-0.25, -0.2) is 4.98 Å². The number of imidazole rings is 1. The van der Waals surface area contributed by atoms with Crippen LogP contribution in [0, 0.1) is 5.92 Å². The number of likely N-dealkylation sites (tertiary alicyclic amines) is 1. The summed E-state index contributed by atoms with van der Waals surface area (Å²) in [7, 11) is 0. The average molecular weight is 386 g/mol. The number of nitrogens with zero attached hydrogens (tertiary/aromatic N) is 4. The first kappa shape index (κ1) is 18.1. The first-order valence-corrected chi connectivity index (χ1v) is 10.6. The lowest BCUT2D eigenvalue weighted by atomic mass is 10.0. The van der Waals surface area contributed by atoms with E-state index in [0.29, 0.717) is 24.3 Å². The number of benzene rings is 1. The highest BCUT2D eigenvalue weighted by Gasteiger charge is 2.35. The molecule has 29 heavy (non-hydrogen) atoms. The van der Waals surface area contributed by atoms with Crippen molar-refractivity contribution in [3.8, 4) is 22.5 Å². The molecular weight excluding hydrogens is 360 g/mol. The van der Waals surface area contributed by atoms with Crippen molar-refractivity contribution >= 4 is 5.91 Å². The van der Waals surface area contributed by atoms with Crippen molar-refractivity contribution in [1.82, 2.24) is 19.4 Å². The zero-order valence-electron chi connectivity index (χ0n) is 16.6. The number of hydrogen-bond donors (Lipinski definition) is 0. The van der Waals surface area contributed by atoms with Crippen molar-refractivity contribution in [3.05, 3.63) is 61.2 Å². The van der Waals surface area contributed by atoms with Gasteiger partial charge in [0.15, 0.2) is 0 Å². The smallest absolute Gasteiger partial charge is 0.223 e. The van der Waals surface area contributed by atoms with E-state index in [4.69, 9.17) is 4.98 Å². The second kappa shape index (κ2) is 7.82. The maximum Gasteiger partial charge on any atom is 0.223 e. The van der Waals surface area contributed by atoms with Crippen LogP contribution in [0.3, 0.4) is 0 Å². The van der Waals surface area contributed by atoms with Crippen LogP contribution in [0.4, 0.5) is 0 Å². The van der Waals surface area contributed by atoms with Gasteiger partial charge in [-0.05, 0) is 25.0 Å². The van der Waals surface area contributed by atoms with Crippen LogP contribution in [-0.2, 0) is 11.3 Å². The number of pyridine rings is 1. The van der Waals surface area contributed by atoms with Gasteiger partial charge in [0.25, 0.3) is 0 Å². The van der Waals surface area contributed by atoms with E-state index in [1.807, 2.05) is 36.8 Å². The number of carbonyl (C=O) groups is 1. The van der Waals surface area contributed by atoms with Gasteiger partial charge in [0, 0.05) is 55.0 Å². The fourth-order valence-corrected chi connectivity index (χ4v) is 4.91. The molecule has 2 aromatic heterocycles. The van der Waals surface area contributed by atoms with E-state index in [-0.39, 0.29) is 0 Å². The zero-order valence-corrected chi connectivity index (χ0v) is 16.6. The summed E-state index contributed by atoms with van der Waals surface area (Å²) in [6, 6.07) is 14.8. The van der Waals surface area contributed by atoms with Crippen LogP contribution in [0.2, 0.25) is 0 Å². The van der Waals surface area contributed by atoms with Gasteiger partial charge in [-0.1, -0.05) is 43.2 Å². The van der Waals surface area contributed by atoms with Gasteiger partial charge in [0.05, 0.1) is 17.7 Å². The summed E-state index contributed by atoms with van der Waals surface area (Å²) in [5.41, 5.74) is 4.20. The van der Waals surface area contributed by atoms with Gasteiger partial charge < -0.3 is 9.47 Å². The van der Waals surface area contributed by atoms with E-state index in [9.17, 15) is 4.79 Å². The molecule has 1 amide bonds. The molecule has 1 atom stereocenters. The maximum atomic E-state index is 12.6. The molecule has 1 saturated heterocycles. The first-order chi connectivity index (χ1) is 14.3. The maximum absolute atomic E-state index is 12.6. The predicted octanol–water partition coefficient (Wildman–Crippen LogP) is 4.40. The molecule has 3 aromatic rings. The van der Waals surface area contributed by atoms with Crippen molar-refractivity contribution in [2.45, 2.75) is 44.7 Å². The van der Waals surface area contributed by atoms with Crippen LogP contribution in [0.1, 0.15) is 32.1 Å². The third-order valence-electron chi connectivity index (χ3n) is 6.28. The lowest BCUT2D eigenvalue weighted by Gasteiger charge is -2.24. The van der Waals surface area contributed by atoms with Crippen LogP contribution in [0.25, 0.3) is 22.5 Å². The minimum absolute atomic E-state index is 0.327. The number of amides is 1. The number of aromatic nitrogens is 3. The predicted molar refractivity (Wildman–Crippen MR) is 113 cm³/mol. The Balaban J connectivity index is 1.45. The third-order valence-corrected chi connectivity index (χ3v) is 6.28. The van der Waals surface area contributed by atoms with E-state index in [1.165, 1.54) is 25.7 Å². The minimum atomic E-state index is 0.327. The Morgan fingerprint density at radius 1 is 1.00 bits per heavy atom. The molecule has 0 N–H and O–H groups in total. The van der Waals surface area contributed by atoms with Gasteiger partial charge in [-0.2, -0.15) is 0 Å². The Labute approximate surface area is 171 Å². The van der Waals surface area contributed by atoms with Crippen LogP contribution < -0.4 is 0 Å². The summed E-state index contributed by atoms with van der Waals surface area (Å²) >= 11 is 0. The van der Waals surface area contributed by atoms with E-state index in [2.05, 4.69) is 32.7 Å². The highest BCUT2D eigenvalue weighted by molar-refractivity contribution is 5.80. The number of rotatable bonds is 5. The molecule has 1 saturated carbocycles. The fourth-order valence-electron chi connectivity index (χ4n) is 4.91. The van der Waals surface area contributed by atoms with Crippen molar-refractivity contribution < 1.29 is 4.79 Å². The van der Waals surface area contributed by atoms with E-state index < -0.39 is 0 Å². The molecule has 5 heteroatoms. The standard InChI is InChI=1S/C24H26N4O/c29-22-13-18(16-28(22)21-10-4-5-11-21)15-27-17-26-23(19-7-2-1-3-8-19)24(27)20-9-6-12-25-14-20/h1-3,6-9,12,14,17-18,21H,4-5,10-11,13,15-16H2. The summed E-state index contributed by atoms with van der Waals surface area (Å²) in [5, 5.41) is 0. The Bertz CT molecular complexity index is 977. The van der Waals surface area contributed by atoms with Crippen molar-refractivity contribution in [2.75, 3.05) is 6.54 Å². The second-order valence-corrected chi connectivity index (χ2v) is 8.26. The van der Waals surface area contributed by atoms with Gasteiger partial charge in [-0.3, -0.25) is 9.78 Å². The summed E-state index contributed by atoms with van der Waals surface area (Å²) in [5.74, 6) is 0.657. The van der Waals surface area contributed by atoms with Crippen molar-refractivity contribution in [3.63, 3.8) is 0 Å². The minimum Gasteiger partial charge on any atom is -0.339 e. The Morgan fingerprint density at radius 3 is 2.55 bits per heavy atom. The monoisotopic (exact) mass is 386 g/mol. The van der Waals surface area contributed by atoms with E-state index in [1.54, 1.807) is 6.20 Å². The summed E-state index contributed by atoms with van der Waals surface area (Å²) in [6.07, 6.45) is 11.1. The lowest BCUT2D eigenvalue weighted by Crippen LogP contribution is -2.34. The molecule has 148 valence electrons. The fraction of sp³-hybridized carbons (Fsp3) is 0.375. The zero-order chi connectivity index (χ0) is 19.6. The van der Waals surface area contributed by atoms with E-state index in [0.717, 1.165) is 35.6 Å². The highest BCUT2D eigenvalue weighted by Crippen LogP contribution is 2.34. The molecule has 2 fully saturated rings. The third kappa shape index (κ3) is 3.57. The van der Waals surface area contributed by atoms with Crippen LogP contribution in [-0.4, -0.2) is 37.9 Å². The number of hydrogen-bond acceptors (Lipinski definition) is 3. The largest absolute Gasteiger partial charge is 0.339 e. The van der Waals surface area contributed by atoms with Gasteiger partial charge in [-0.15, -0.1) is 0 Å². The van der Waals surface area contributed by atoms with Crippen molar-refractivity contribution in [1.29, 1.82) is 0 Å². The molecule has 2 aliphatic rings. The molecule has 5 rings (SSSR count). The molecule has 1 aliphatic carbocycles. The van der Waals surface area contributed by atoms with Crippen LogP contribution >= 0.6 is 0 Å². The normalized spacial score (nSPS) is 19.9. The topological polar surface area (TPSA) is 51.0 Å². The van der Waals surface area contributed by atoms with Crippen molar-refractivity contribution in [2.24, 2.45) is 5.92 Å². The summed E-state index contributed by atoms with van der Waals surface area (Å²) in [6.45, 7) is 1.67. The molecule has 5 nitrogen and oxygen atoms in total. The molecule has 1 aliphatic heterocycles. The summed E-state index contributed by atoms with van der Waals surface area (Å²) < 4.78 is 2.22. The van der Waals surface area contributed by atoms with Crippen LogP contribution in [0.15, 0.2) is 61.2 Å².